The maximum absolute atomic E-state index is 11.2. The first-order valence-electron chi connectivity index (χ1n) is 5.60. The zero-order chi connectivity index (χ0) is 9.97. The Kier molecular flexibility index (Phi) is 3.06. The molecule has 2 rings (SSSR count). The SMILES string of the molecule is COC(=O)C1CC(C2CCNCC2)C1. The smallest absolute Gasteiger partial charge is 0.308 e. The van der Waals surface area contributed by atoms with Crippen LogP contribution in [0.1, 0.15) is 25.7 Å². The van der Waals surface area contributed by atoms with Gasteiger partial charge >= 0.3 is 5.97 Å². The molecule has 0 spiro atoms. The molecule has 1 N–H and O–H groups in total. The van der Waals surface area contributed by atoms with Gasteiger partial charge in [0.05, 0.1) is 13.0 Å². The van der Waals surface area contributed by atoms with Gasteiger partial charge in [0.25, 0.3) is 0 Å². The number of hydrogen-bond acceptors (Lipinski definition) is 3. The molecule has 1 saturated carbocycles. The molecule has 2 aliphatic rings. The van der Waals surface area contributed by atoms with Gasteiger partial charge in [-0.2, -0.15) is 0 Å². The molecule has 1 heterocycles. The van der Waals surface area contributed by atoms with E-state index in [1.54, 1.807) is 0 Å². The van der Waals surface area contributed by atoms with Crippen LogP contribution in [0.25, 0.3) is 0 Å². The lowest BCUT2D eigenvalue weighted by molar-refractivity contribution is -0.151. The summed E-state index contributed by atoms with van der Waals surface area (Å²) in [7, 11) is 1.49. The molecule has 1 aliphatic carbocycles. The third-order valence-corrected chi connectivity index (χ3v) is 3.76. The molecule has 0 aromatic rings. The number of methoxy groups -OCH3 is 1. The fourth-order valence-corrected chi connectivity index (χ4v) is 2.72. The molecule has 3 nitrogen and oxygen atoms in total. The minimum atomic E-state index is -0.00446. The first kappa shape index (κ1) is 9.97. The molecule has 0 bridgehead atoms. The van der Waals surface area contributed by atoms with Crippen molar-refractivity contribution in [3.05, 3.63) is 0 Å². The van der Waals surface area contributed by atoms with Crippen LogP contribution in [0, 0.1) is 17.8 Å². The maximum Gasteiger partial charge on any atom is 0.308 e. The van der Waals surface area contributed by atoms with Gasteiger partial charge in [-0.1, -0.05) is 0 Å². The van der Waals surface area contributed by atoms with Crippen LogP contribution >= 0.6 is 0 Å². The zero-order valence-electron chi connectivity index (χ0n) is 8.79. The highest BCUT2D eigenvalue weighted by Crippen LogP contribution is 2.42. The van der Waals surface area contributed by atoms with E-state index in [0.717, 1.165) is 37.8 Å². The van der Waals surface area contributed by atoms with E-state index in [-0.39, 0.29) is 11.9 Å². The van der Waals surface area contributed by atoms with Crippen LogP contribution in [0.5, 0.6) is 0 Å². The van der Waals surface area contributed by atoms with Crippen molar-refractivity contribution < 1.29 is 9.53 Å². The van der Waals surface area contributed by atoms with Gasteiger partial charge in [0.2, 0.25) is 0 Å². The quantitative estimate of drug-likeness (QED) is 0.676. The summed E-state index contributed by atoms with van der Waals surface area (Å²) in [6, 6.07) is 0. The molecule has 80 valence electrons. The highest BCUT2D eigenvalue weighted by atomic mass is 16.5. The van der Waals surface area contributed by atoms with E-state index in [4.69, 9.17) is 4.74 Å². The van der Waals surface area contributed by atoms with E-state index in [1.807, 2.05) is 0 Å². The largest absolute Gasteiger partial charge is 0.469 e. The van der Waals surface area contributed by atoms with Crippen molar-refractivity contribution >= 4 is 5.97 Å². The Morgan fingerprint density at radius 1 is 1.21 bits per heavy atom. The summed E-state index contributed by atoms with van der Waals surface area (Å²) in [6.45, 7) is 2.31. The minimum Gasteiger partial charge on any atom is -0.469 e. The van der Waals surface area contributed by atoms with Gasteiger partial charge in [-0.3, -0.25) is 4.79 Å². The summed E-state index contributed by atoms with van der Waals surface area (Å²) in [4.78, 5) is 11.2. The molecule has 0 unspecified atom stereocenters. The van der Waals surface area contributed by atoms with E-state index in [1.165, 1.54) is 20.0 Å². The van der Waals surface area contributed by atoms with Gasteiger partial charge in [-0.05, 0) is 50.6 Å². The van der Waals surface area contributed by atoms with Crippen molar-refractivity contribution in [2.45, 2.75) is 25.7 Å². The molecule has 0 atom stereocenters. The highest BCUT2D eigenvalue weighted by molar-refractivity contribution is 5.73. The van der Waals surface area contributed by atoms with Crippen molar-refractivity contribution in [2.24, 2.45) is 17.8 Å². The maximum atomic E-state index is 11.2. The second kappa shape index (κ2) is 4.30. The Morgan fingerprint density at radius 3 is 2.43 bits per heavy atom. The Bertz CT molecular complexity index is 205. The number of hydrogen-bond donors (Lipinski definition) is 1. The average molecular weight is 197 g/mol. The van der Waals surface area contributed by atoms with E-state index in [2.05, 4.69) is 5.32 Å². The summed E-state index contributed by atoms with van der Waals surface area (Å²) >= 11 is 0. The Morgan fingerprint density at radius 2 is 1.86 bits per heavy atom. The van der Waals surface area contributed by atoms with E-state index in [9.17, 15) is 4.79 Å². The van der Waals surface area contributed by atoms with Gasteiger partial charge in [-0.25, -0.2) is 0 Å². The van der Waals surface area contributed by atoms with Crippen LogP contribution < -0.4 is 5.32 Å². The van der Waals surface area contributed by atoms with E-state index in [0.29, 0.717) is 0 Å². The molecule has 1 aliphatic heterocycles. The van der Waals surface area contributed by atoms with Crippen LogP contribution in [0.2, 0.25) is 0 Å². The molecular weight excluding hydrogens is 178 g/mol. The molecular formula is C11H19NO2. The first-order valence-corrected chi connectivity index (χ1v) is 5.60. The van der Waals surface area contributed by atoms with E-state index >= 15 is 0 Å². The molecule has 3 heteroatoms. The van der Waals surface area contributed by atoms with Gasteiger partial charge in [0, 0.05) is 0 Å². The fraction of sp³-hybridized carbons (Fsp3) is 0.909. The molecule has 0 aromatic heterocycles. The first-order chi connectivity index (χ1) is 6.81. The highest BCUT2D eigenvalue weighted by Gasteiger charge is 2.39. The predicted octanol–water partition coefficient (Wildman–Crippen LogP) is 1.19. The van der Waals surface area contributed by atoms with Crippen LogP contribution in [-0.4, -0.2) is 26.2 Å². The predicted molar refractivity (Wildman–Crippen MR) is 53.8 cm³/mol. The minimum absolute atomic E-state index is 0.00446. The van der Waals surface area contributed by atoms with Crippen molar-refractivity contribution in [1.29, 1.82) is 0 Å². The summed E-state index contributed by atoms with van der Waals surface area (Å²) in [5.74, 6) is 1.86. The van der Waals surface area contributed by atoms with Crippen molar-refractivity contribution in [1.82, 2.24) is 5.32 Å². The number of nitrogens with one attached hydrogen (secondary N) is 1. The molecule has 0 radical (unpaired) electrons. The molecule has 2 fully saturated rings. The molecule has 0 amide bonds. The van der Waals surface area contributed by atoms with Crippen LogP contribution in [0.15, 0.2) is 0 Å². The van der Waals surface area contributed by atoms with Gasteiger partial charge in [0.1, 0.15) is 0 Å². The lowest BCUT2D eigenvalue weighted by Crippen LogP contribution is -2.40. The Hall–Kier alpha value is -0.570. The van der Waals surface area contributed by atoms with Gasteiger partial charge < -0.3 is 10.1 Å². The fourth-order valence-electron chi connectivity index (χ4n) is 2.72. The number of rotatable bonds is 2. The number of piperidine rings is 1. The average Bonchev–Trinajstić information content (AvgIpc) is 2.17. The van der Waals surface area contributed by atoms with Crippen LogP contribution in [0.4, 0.5) is 0 Å². The van der Waals surface area contributed by atoms with Gasteiger partial charge in [0.15, 0.2) is 0 Å². The lowest BCUT2D eigenvalue weighted by Gasteiger charge is -2.40. The molecule has 0 aromatic carbocycles. The van der Waals surface area contributed by atoms with E-state index < -0.39 is 0 Å². The van der Waals surface area contributed by atoms with Crippen molar-refractivity contribution in [3.63, 3.8) is 0 Å². The number of carbonyl (C=O) groups excluding carboxylic acids is 1. The van der Waals surface area contributed by atoms with Crippen LogP contribution in [0.3, 0.4) is 0 Å². The van der Waals surface area contributed by atoms with Crippen molar-refractivity contribution in [2.75, 3.05) is 20.2 Å². The monoisotopic (exact) mass is 197 g/mol. The number of esters is 1. The standard InChI is InChI=1S/C11H19NO2/c1-14-11(13)10-6-9(7-10)8-2-4-12-5-3-8/h8-10,12H,2-7H2,1H3. The molecule has 14 heavy (non-hydrogen) atoms. The Balaban J connectivity index is 1.73. The summed E-state index contributed by atoms with van der Waals surface area (Å²) < 4.78 is 4.74. The second-order valence-electron chi connectivity index (χ2n) is 4.54. The zero-order valence-corrected chi connectivity index (χ0v) is 8.79. The lowest BCUT2D eigenvalue weighted by atomic mass is 9.66. The third kappa shape index (κ3) is 1.92. The van der Waals surface area contributed by atoms with Crippen molar-refractivity contribution in [3.8, 4) is 0 Å². The molecule has 1 saturated heterocycles. The summed E-state index contributed by atoms with van der Waals surface area (Å²) in [6.07, 6.45) is 4.71. The van der Waals surface area contributed by atoms with Crippen LogP contribution in [-0.2, 0) is 9.53 Å². The Labute approximate surface area is 85.2 Å². The topological polar surface area (TPSA) is 38.3 Å². The number of carbonyl (C=O) groups is 1. The summed E-state index contributed by atoms with van der Waals surface area (Å²) in [5, 5.41) is 3.37. The van der Waals surface area contributed by atoms with Gasteiger partial charge in [-0.15, -0.1) is 0 Å². The number of ether oxygens (including phenoxy) is 1. The normalized spacial score (nSPS) is 33.5. The second-order valence-corrected chi connectivity index (χ2v) is 4.54. The summed E-state index contributed by atoms with van der Waals surface area (Å²) in [5.41, 5.74) is 0. The third-order valence-electron chi connectivity index (χ3n) is 3.76.